The van der Waals surface area contributed by atoms with Gasteiger partial charge in [-0.05, 0) is 27.7 Å². The number of rotatable bonds is 3. The SMILES string of the molecule is Cc1ccc(C(=O)c2cnc(N3CCN(C(=O)OC(C)(C)C)CC3)nc2)cc1. The van der Waals surface area contributed by atoms with E-state index < -0.39 is 5.60 Å². The molecular weight excluding hydrogens is 356 g/mol. The van der Waals surface area contributed by atoms with Crippen molar-refractivity contribution in [2.75, 3.05) is 31.1 Å². The summed E-state index contributed by atoms with van der Waals surface area (Å²) in [4.78, 5) is 37.1. The standard InChI is InChI=1S/C21H26N4O3/c1-15-5-7-16(8-6-15)18(26)17-13-22-19(23-14-17)24-9-11-25(12-10-24)20(27)28-21(2,3)4/h5-8,13-14H,9-12H2,1-4H3. The van der Waals surface area contributed by atoms with Crippen LogP contribution in [0.15, 0.2) is 36.7 Å². The van der Waals surface area contributed by atoms with Crippen LogP contribution in [0.3, 0.4) is 0 Å². The molecule has 1 amide bonds. The summed E-state index contributed by atoms with van der Waals surface area (Å²) in [6, 6.07) is 7.43. The Hall–Kier alpha value is -2.96. The highest BCUT2D eigenvalue weighted by atomic mass is 16.6. The van der Waals surface area contributed by atoms with Crippen molar-refractivity contribution in [2.45, 2.75) is 33.3 Å². The van der Waals surface area contributed by atoms with E-state index in [2.05, 4.69) is 9.97 Å². The van der Waals surface area contributed by atoms with Gasteiger partial charge in [-0.1, -0.05) is 29.8 Å². The summed E-state index contributed by atoms with van der Waals surface area (Å²) in [6.07, 6.45) is 2.82. The number of anilines is 1. The van der Waals surface area contributed by atoms with Gasteiger partial charge in [0.15, 0.2) is 5.78 Å². The molecule has 28 heavy (non-hydrogen) atoms. The second-order valence-electron chi connectivity index (χ2n) is 7.92. The molecule has 7 nitrogen and oxygen atoms in total. The average molecular weight is 382 g/mol. The number of ketones is 1. The normalized spacial score (nSPS) is 14.7. The molecule has 0 atom stereocenters. The summed E-state index contributed by atoms with van der Waals surface area (Å²) in [6.45, 7) is 9.87. The van der Waals surface area contributed by atoms with Gasteiger partial charge in [0, 0.05) is 44.1 Å². The Kier molecular flexibility index (Phi) is 5.63. The molecule has 1 aromatic heterocycles. The Morgan fingerprint density at radius 1 is 0.929 bits per heavy atom. The van der Waals surface area contributed by atoms with Crippen LogP contribution in [0, 0.1) is 6.92 Å². The van der Waals surface area contributed by atoms with E-state index in [4.69, 9.17) is 4.74 Å². The predicted octanol–water partition coefficient (Wildman–Crippen LogP) is 3.07. The maximum Gasteiger partial charge on any atom is 0.410 e. The summed E-state index contributed by atoms with van der Waals surface area (Å²) in [5, 5.41) is 0. The number of hydrogen-bond donors (Lipinski definition) is 0. The molecule has 1 fully saturated rings. The predicted molar refractivity (Wildman–Crippen MR) is 107 cm³/mol. The fourth-order valence-corrected chi connectivity index (χ4v) is 2.89. The average Bonchev–Trinajstić information content (AvgIpc) is 2.67. The first-order valence-corrected chi connectivity index (χ1v) is 9.39. The number of amides is 1. The number of hydrogen-bond acceptors (Lipinski definition) is 6. The zero-order chi connectivity index (χ0) is 20.3. The van der Waals surface area contributed by atoms with Crippen molar-refractivity contribution in [1.29, 1.82) is 0 Å². The Labute approximate surface area is 165 Å². The highest BCUT2D eigenvalue weighted by Crippen LogP contribution is 2.16. The van der Waals surface area contributed by atoms with Gasteiger partial charge in [0.1, 0.15) is 5.60 Å². The number of aryl methyl sites for hydroxylation is 1. The van der Waals surface area contributed by atoms with Crippen molar-refractivity contribution in [3.8, 4) is 0 Å². The fourth-order valence-electron chi connectivity index (χ4n) is 2.89. The van der Waals surface area contributed by atoms with Crippen molar-refractivity contribution in [3.63, 3.8) is 0 Å². The number of ether oxygens (including phenoxy) is 1. The molecule has 0 spiro atoms. The lowest BCUT2D eigenvalue weighted by Crippen LogP contribution is -2.50. The van der Waals surface area contributed by atoms with Gasteiger partial charge in [0.05, 0.1) is 5.56 Å². The van der Waals surface area contributed by atoms with Crippen LogP contribution < -0.4 is 4.90 Å². The number of carbonyl (C=O) groups is 2. The number of carbonyl (C=O) groups excluding carboxylic acids is 2. The van der Waals surface area contributed by atoms with Crippen molar-refractivity contribution < 1.29 is 14.3 Å². The third-order valence-corrected chi connectivity index (χ3v) is 4.43. The van der Waals surface area contributed by atoms with Gasteiger partial charge in [0.2, 0.25) is 5.95 Å². The van der Waals surface area contributed by atoms with Gasteiger partial charge in [-0.2, -0.15) is 0 Å². The molecule has 3 rings (SSSR count). The second-order valence-corrected chi connectivity index (χ2v) is 7.92. The Balaban J connectivity index is 1.60. The van der Waals surface area contributed by atoms with Crippen molar-refractivity contribution in [3.05, 3.63) is 53.3 Å². The van der Waals surface area contributed by atoms with Gasteiger partial charge < -0.3 is 14.5 Å². The molecule has 0 unspecified atom stereocenters. The van der Waals surface area contributed by atoms with Crippen LogP contribution >= 0.6 is 0 Å². The molecule has 2 heterocycles. The Morgan fingerprint density at radius 3 is 2.04 bits per heavy atom. The first-order valence-electron chi connectivity index (χ1n) is 9.39. The molecule has 1 aliphatic heterocycles. The molecule has 0 saturated carbocycles. The summed E-state index contributed by atoms with van der Waals surface area (Å²) >= 11 is 0. The zero-order valence-electron chi connectivity index (χ0n) is 16.8. The zero-order valence-corrected chi connectivity index (χ0v) is 16.8. The van der Waals surface area contributed by atoms with E-state index in [9.17, 15) is 9.59 Å². The minimum absolute atomic E-state index is 0.0960. The van der Waals surface area contributed by atoms with Gasteiger partial charge in [-0.15, -0.1) is 0 Å². The fraction of sp³-hybridized carbons (Fsp3) is 0.429. The smallest absolute Gasteiger partial charge is 0.410 e. The Morgan fingerprint density at radius 2 is 1.50 bits per heavy atom. The molecule has 7 heteroatoms. The van der Waals surface area contributed by atoms with Crippen LogP contribution in [0.1, 0.15) is 42.3 Å². The monoisotopic (exact) mass is 382 g/mol. The molecule has 1 aromatic carbocycles. The van der Waals surface area contributed by atoms with Gasteiger partial charge >= 0.3 is 6.09 Å². The van der Waals surface area contributed by atoms with Gasteiger partial charge in [-0.25, -0.2) is 14.8 Å². The van der Waals surface area contributed by atoms with E-state index in [1.54, 1.807) is 17.3 Å². The molecule has 0 N–H and O–H groups in total. The maximum absolute atomic E-state index is 12.5. The van der Waals surface area contributed by atoms with E-state index in [-0.39, 0.29) is 11.9 Å². The van der Waals surface area contributed by atoms with Crippen molar-refractivity contribution in [1.82, 2.24) is 14.9 Å². The van der Waals surface area contributed by atoms with E-state index >= 15 is 0 Å². The minimum atomic E-state index is -0.503. The van der Waals surface area contributed by atoms with E-state index in [1.807, 2.05) is 56.9 Å². The van der Waals surface area contributed by atoms with Crippen LogP contribution in [-0.2, 0) is 4.74 Å². The van der Waals surface area contributed by atoms with E-state index in [0.29, 0.717) is 43.3 Å². The summed E-state index contributed by atoms with van der Waals surface area (Å²) in [5.41, 5.74) is 1.68. The molecule has 2 aromatic rings. The summed E-state index contributed by atoms with van der Waals surface area (Å²) < 4.78 is 5.41. The molecule has 1 saturated heterocycles. The largest absolute Gasteiger partial charge is 0.444 e. The number of piperazine rings is 1. The topological polar surface area (TPSA) is 75.6 Å². The highest BCUT2D eigenvalue weighted by molar-refractivity contribution is 6.08. The van der Waals surface area contributed by atoms with Crippen molar-refractivity contribution >= 4 is 17.8 Å². The highest BCUT2D eigenvalue weighted by Gasteiger charge is 2.26. The van der Waals surface area contributed by atoms with E-state index in [1.165, 1.54) is 0 Å². The molecular formula is C21H26N4O3. The quantitative estimate of drug-likeness (QED) is 0.760. The minimum Gasteiger partial charge on any atom is -0.444 e. The molecule has 0 bridgehead atoms. The van der Waals surface area contributed by atoms with Gasteiger partial charge in [-0.3, -0.25) is 4.79 Å². The molecule has 1 aliphatic rings. The summed E-state index contributed by atoms with van der Waals surface area (Å²) in [5.74, 6) is 0.464. The van der Waals surface area contributed by atoms with Crippen LogP contribution in [0.4, 0.5) is 10.7 Å². The lowest BCUT2D eigenvalue weighted by Gasteiger charge is -2.35. The van der Waals surface area contributed by atoms with Crippen molar-refractivity contribution in [2.24, 2.45) is 0 Å². The van der Waals surface area contributed by atoms with Crippen LogP contribution in [0.2, 0.25) is 0 Å². The number of aromatic nitrogens is 2. The summed E-state index contributed by atoms with van der Waals surface area (Å²) in [7, 11) is 0. The lowest BCUT2D eigenvalue weighted by atomic mass is 10.0. The first-order chi connectivity index (χ1) is 13.2. The van der Waals surface area contributed by atoms with Crippen LogP contribution in [-0.4, -0.2) is 58.5 Å². The maximum atomic E-state index is 12.5. The first kappa shape index (κ1) is 19.8. The molecule has 0 aliphatic carbocycles. The van der Waals surface area contributed by atoms with Crippen LogP contribution in [0.25, 0.3) is 0 Å². The third-order valence-electron chi connectivity index (χ3n) is 4.43. The van der Waals surface area contributed by atoms with Gasteiger partial charge in [0.25, 0.3) is 0 Å². The number of nitrogens with zero attached hydrogens (tertiary/aromatic N) is 4. The lowest BCUT2D eigenvalue weighted by molar-refractivity contribution is 0.0240. The van der Waals surface area contributed by atoms with E-state index in [0.717, 1.165) is 5.56 Å². The molecule has 148 valence electrons. The molecule has 0 radical (unpaired) electrons. The third kappa shape index (κ3) is 4.85. The second kappa shape index (κ2) is 7.96. The van der Waals surface area contributed by atoms with Crippen LogP contribution in [0.5, 0.6) is 0 Å². The number of benzene rings is 1. The Bertz CT molecular complexity index is 833.